The summed E-state index contributed by atoms with van der Waals surface area (Å²) in [7, 11) is 0. The largest absolute Gasteiger partial charge is 0.491 e. The van der Waals surface area contributed by atoms with Gasteiger partial charge in [-0.05, 0) is 44.0 Å². The van der Waals surface area contributed by atoms with Crippen LogP contribution in [0.1, 0.15) is 19.3 Å². The lowest BCUT2D eigenvalue weighted by atomic mass is 10.1. The maximum absolute atomic E-state index is 6.10. The van der Waals surface area contributed by atoms with Crippen LogP contribution in [0.25, 0.3) is 0 Å². The first-order valence-corrected chi connectivity index (χ1v) is 8.02. The predicted octanol–water partition coefficient (Wildman–Crippen LogP) is 3.20. The van der Waals surface area contributed by atoms with Crippen LogP contribution in [-0.4, -0.2) is 43.2 Å². The molecule has 2 saturated heterocycles. The van der Waals surface area contributed by atoms with Crippen molar-refractivity contribution >= 4 is 23.2 Å². The molecule has 110 valence electrons. The predicted molar refractivity (Wildman–Crippen MR) is 83.0 cm³/mol. The van der Waals surface area contributed by atoms with Gasteiger partial charge in [-0.25, -0.2) is 0 Å². The molecule has 0 aromatic heterocycles. The molecule has 2 aliphatic heterocycles. The molecule has 2 bridgehead atoms. The number of rotatable bonds is 4. The number of hydrogen-bond acceptors (Lipinski definition) is 3. The van der Waals surface area contributed by atoms with Crippen molar-refractivity contribution in [1.82, 2.24) is 10.2 Å². The van der Waals surface area contributed by atoms with E-state index in [0.29, 0.717) is 28.4 Å². The fourth-order valence-electron chi connectivity index (χ4n) is 3.10. The molecule has 0 amide bonds. The number of hydrogen-bond donors (Lipinski definition) is 1. The molecular formula is C15H20Cl2N2O. The Hall–Kier alpha value is -0.480. The number of likely N-dealkylation sites (tertiary alicyclic amines) is 1. The molecule has 2 aliphatic rings. The number of fused-ring (bicyclic) bond motifs is 2. The first-order chi connectivity index (χ1) is 9.70. The molecular weight excluding hydrogens is 295 g/mol. The Morgan fingerprint density at radius 1 is 1.20 bits per heavy atom. The third kappa shape index (κ3) is 3.59. The van der Waals surface area contributed by atoms with Crippen LogP contribution in [0.15, 0.2) is 18.2 Å². The summed E-state index contributed by atoms with van der Waals surface area (Å²) in [5.74, 6) is 0.713. The standard InChI is InChI=1S/C15H20Cl2N2O/c16-11-1-4-15(14(17)9-11)20-8-7-19-6-5-12-2-3-13(10-19)18-12/h1,4,9,12-13,18H,2-3,5-8,10H2. The monoisotopic (exact) mass is 314 g/mol. The van der Waals surface area contributed by atoms with Crippen LogP contribution in [0, 0.1) is 0 Å². The third-order valence-corrected chi connectivity index (χ3v) is 4.70. The van der Waals surface area contributed by atoms with Gasteiger partial charge in [-0.2, -0.15) is 0 Å². The molecule has 2 heterocycles. The van der Waals surface area contributed by atoms with Gasteiger partial charge in [-0.15, -0.1) is 0 Å². The SMILES string of the molecule is Clc1ccc(OCCN2CCC3CCC(C2)N3)c(Cl)c1. The summed E-state index contributed by atoms with van der Waals surface area (Å²) in [6.45, 7) is 3.91. The number of ether oxygens (including phenoxy) is 1. The Labute approximate surface area is 130 Å². The van der Waals surface area contributed by atoms with E-state index in [0.717, 1.165) is 25.7 Å². The van der Waals surface area contributed by atoms with Gasteiger partial charge < -0.3 is 10.1 Å². The second kappa shape index (κ2) is 6.52. The van der Waals surface area contributed by atoms with Gasteiger partial charge in [0.05, 0.1) is 5.02 Å². The van der Waals surface area contributed by atoms with Crippen LogP contribution in [0.4, 0.5) is 0 Å². The zero-order valence-corrected chi connectivity index (χ0v) is 13.0. The number of halogens is 2. The lowest BCUT2D eigenvalue weighted by Gasteiger charge is -2.23. The second-order valence-corrected chi connectivity index (χ2v) is 6.49. The van der Waals surface area contributed by atoms with Crippen LogP contribution in [0.5, 0.6) is 5.75 Å². The van der Waals surface area contributed by atoms with Crippen LogP contribution >= 0.6 is 23.2 Å². The molecule has 1 aromatic rings. The van der Waals surface area contributed by atoms with Gasteiger partial charge in [0.25, 0.3) is 0 Å². The molecule has 0 spiro atoms. The maximum atomic E-state index is 6.10. The number of benzene rings is 1. The van der Waals surface area contributed by atoms with Gasteiger partial charge in [-0.3, -0.25) is 4.90 Å². The summed E-state index contributed by atoms with van der Waals surface area (Å²) < 4.78 is 5.76. The molecule has 0 aliphatic carbocycles. The average molecular weight is 315 g/mol. The highest BCUT2D eigenvalue weighted by Gasteiger charge is 2.28. The smallest absolute Gasteiger partial charge is 0.138 e. The van der Waals surface area contributed by atoms with E-state index in [1.807, 2.05) is 6.07 Å². The van der Waals surface area contributed by atoms with Crippen molar-refractivity contribution in [2.75, 3.05) is 26.2 Å². The summed E-state index contributed by atoms with van der Waals surface area (Å²) in [4.78, 5) is 2.49. The minimum Gasteiger partial charge on any atom is -0.491 e. The fraction of sp³-hybridized carbons (Fsp3) is 0.600. The highest BCUT2D eigenvalue weighted by molar-refractivity contribution is 6.35. The van der Waals surface area contributed by atoms with E-state index in [1.165, 1.54) is 19.3 Å². The van der Waals surface area contributed by atoms with Crippen molar-refractivity contribution in [2.45, 2.75) is 31.3 Å². The molecule has 1 aromatic carbocycles. The van der Waals surface area contributed by atoms with Gasteiger partial charge >= 0.3 is 0 Å². The van der Waals surface area contributed by atoms with Crippen molar-refractivity contribution < 1.29 is 4.74 Å². The Morgan fingerprint density at radius 2 is 2.05 bits per heavy atom. The van der Waals surface area contributed by atoms with E-state index in [1.54, 1.807) is 12.1 Å². The van der Waals surface area contributed by atoms with E-state index in [4.69, 9.17) is 27.9 Å². The Morgan fingerprint density at radius 3 is 2.90 bits per heavy atom. The van der Waals surface area contributed by atoms with E-state index in [-0.39, 0.29) is 0 Å². The van der Waals surface area contributed by atoms with Gasteiger partial charge in [-0.1, -0.05) is 23.2 Å². The minimum atomic E-state index is 0.578. The zero-order chi connectivity index (χ0) is 13.9. The van der Waals surface area contributed by atoms with Crippen molar-refractivity contribution in [3.63, 3.8) is 0 Å². The number of nitrogens with one attached hydrogen (secondary N) is 1. The Bertz CT molecular complexity index is 469. The normalized spacial score (nSPS) is 26.5. The minimum absolute atomic E-state index is 0.578. The molecule has 3 rings (SSSR count). The summed E-state index contributed by atoms with van der Waals surface area (Å²) in [5.41, 5.74) is 0. The lowest BCUT2D eigenvalue weighted by Crippen LogP contribution is -2.37. The molecule has 20 heavy (non-hydrogen) atoms. The van der Waals surface area contributed by atoms with E-state index < -0.39 is 0 Å². The lowest BCUT2D eigenvalue weighted by molar-refractivity contribution is 0.201. The van der Waals surface area contributed by atoms with E-state index >= 15 is 0 Å². The topological polar surface area (TPSA) is 24.5 Å². The van der Waals surface area contributed by atoms with Crippen molar-refractivity contribution in [1.29, 1.82) is 0 Å². The van der Waals surface area contributed by atoms with Crippen molar-refractivity contribution in [2.24, 2.45) is 0 Å². The molecule has 3 nitrogen and oxygen atoms in total. The maximum Gasteiger partial charge on any atom is 0.138 e. The molecule has 2 fully saturated rings. The van der Waals surface area contributed by atoms with E-state index in [9.17, 15) is 0 Å². The van der Waals surface area contributed by atoms with E-state index in [2.05, 4.69) is 10.2 Å². The van der Waals surface area contributed by atoms with Crippen LogP contribution in [0.3, 0.4) is 0 Å². The van der Waals surface area contributed by atoms with Gasteiger partial charge in [0, 0.05) is 30.2 Å². The van der Waals surface area contributed by atoms with Crippen molar-refractivity contribution in [3.8, 4) is 5.75 Å². The average Bonchev–Trinajstić information content (AvgIpc) is 2.74. The van der Waals surface area contributed by atoms with Crippen LogP contribution < -0.4 is 10.1 Å². The summed E-state index contributed by atoms with van der Waals surface area (Å²) in [5, 5.41) is 4.90. The molecule has 5 heteroatoms. The third-order valence-electron chi connectivity index (χ3n) is 4.17. The first kappa shape index (κ1) is 14.5. The molecule has 0 saturated carbocycles. The highest BCUT2D eigenvalue weighted by atomic mass is 35.5. The fourth-order valence-corrected chi connectivity index (χ4v) is 3.56. The quantitative estimate of drug-likeness (QED) is 0.923. The highest BCUT2D eigenvalue weighted by Crippen LogP contribution is 2.27. The second-order valence-electron chi connectivity index (χ2n) is 5.65. The summed E-state index contributed by atoms with van der Waals surface area (Å²) in [6.07, 6.45) is 3.90. The summed E-state index contributed by atoms with van der Waals surface area (Å²) >= 11 is 12.0. The van der Waals surface area contributed by atoms with Gasteiger partial charge in [0.1, 0.15) is 12.4 Å². The van der Waals surface area contributed by atoms with Gasteiger partial charge in [0.15, 0.2) is 0 Å². The zero-order valence-electron chi connectivity index (χ0n) is 11.4. The number of nitrogens with zero attached hydrogens (tertiary/aromatic N) is 1. The molecule has 2 unspecified atom stereocenters. The van der Waals surface area contributed by atoms with Gasteiger partial charge in [0.2, 0.25) is 0 Å². The first-order valence-electron chi connectivity index (χ1n) is 7.27. The van der Waals surface area contributed by atoms with Crippen LogP contribution in [-0.2, 0) is 0 Å². The Balaban J connectivity index is 1.47. The van der Waals surface area contributed by atoms with Crippen LogP contribution in [0.2, 0.25) is 10.0 Å². The summed E-state index contributed by atoms with van der Waals surface area (Å²) in [6, 6.07) is 6.75. The Kier molecular flexibility index (Phi) is 4.72. The molecule has 0 radical (unpaired) electrons. The molecule has 1 N–H and O–H groups in total. The van der Waals surface area contributed by atoms with Crippen molar-refractivity contribution in [3.05, 3.63) is 28.2 Å². The molecule has 2 atom stereocenters.